The second-order valence-electron chi connectivity index (χ2n) is 5.40. The summed E-state index contributed by atoms with van der Waals surface area (Å²) < 4.78 is 79.9. The molecule has 1 aromatic carbocycles. The standard InChI is InChI=1S/C14H16F4N2O4S/c1-24-13(21)9-19-4-6-20(7-5-19)11-3-2-10(15)8-12(11)25(22,23)14(16,17)18/h2-3,8H,4-7,9H2,1H3. The number of halogens is 4. The van der Waals surface area contributed by atoms with Crippen LogP contribution in [0.1, 0.15) is 0 Å². The lowest BCUT2D eigenvalue weighted by molar-refractivity contribution is -0.142. The number of sulfone groups is 1. The van der Waals surface area contributed by atoms with Crippen LogP contribution < -0.4 is 4.90 Å². The van der Waals surface area contributed by atoms with Gasteiger partial charge in [0.05, 0.1) is 19.3 Å². The van der Waals surface area contributed by atoms with Crippen LogP contribution in [0.25, 0.3) is 0 Å². The van der Waals surface area contributed by atoms with Crippen molar-refractivity contribution in [3.05, 3.63) is 24.0 Å². The summed E-state index contributed by atoms with van der Waals surface area (Å²) in [4.78, 5) is 13.3. The summed E-state index contributed by atoms with van der Waals surface area (Å²) in [6.45, 7) is 1.03. The first kappa shape index (κ1) is 19.4. The molecule has 1 heterocycles. The van der Waals surface area contributed by atoms with E-state index < -0.39 is 32.0 Å². The van der Waals surface area contributed by atoms with Gasteiger partial charge in [0.15, 0.2) is 0 Å². The highest BCUT2D eigenvalue weighted by molar-refractivity contribution is 7.92. The molecule has 25 heavy (non-hydrogen) atoms. The van der Waals surface area contributed by atoms with Gasteiger partial charge in [-0.05, 0) is 18.2 Å². The molecule has 1 aliphatic heterocycles. The number of hydrogen-bond acceptors (Lipinski definition) is 6. The van der Waals surface area contributed by atoms with E-state index in [0.29, 0.717) is 19.2 Å². The van der Waals surface area contributed by atoms with E-state index in [9.17, 15) is 30.8 Å². The Bertz CT molecular complexity index is 744. The van der Waals surface area contributed by atoms with Crippen molar-refractivity contribution in [1.29, 1.82) is 0 Å². The van der Waals surface area contributed by atoms with Gasteiger partial charge in [-0.25, -0.2) is 12.8 Å². The lowest BCUT2D eigenvalue weighted by Crippen LogP contribution is -2.48. The zero-order chi connectivity index (χ0) is 18.8. The molecule has 2 rings (SSSR count). The summed E-state index contributed by atoms with van der Waals surface area (Å²) in [5, 5.41) is 0. The number of nitrogens with zero attached hydrogens (tertiary/aromatic N) is 2. The van der Waals surface area contributed by atoms with E-state index in [1.165, 1.54) is 12.0 Å². The lowest BCUT2D eigenvalue weighted by Gasteiger charge is -2.36. The van der Waals surface area contributed by atoms with E-state index in [1.54, 1.807) is 4.90 Å². The van der Waals surface area contributed by atoms with Gasteiger partial charge in [0.2, 0.25) is 0 Å². The fourth-order valence-corrected chi connectivity index (χ4v) is 3.47. The highest BCUT2D eigenvalue weighted by Gasteiger charge is 2.48. The Kier molecular flexibility index (Phi) is 5.57. The Morgan fingerprint density at radius 1 is 1.20 bits per heavy atom. The van der Waals surface area contributed by atoms with Gasteiger partial charge in [-0.2, -0.15) is 13.2 Å². The highest BCUT2D eigenvalue weighted by Crippen LogP contribution is 2.36. The largest absolute Gasteiger partial charge is 0.501 e. The van der Waals surface area contributed by atoms with E-state index in [-0.39, 0.29) is 25.3 Å². The third-order valence-corrected chi connectivity index (χ3v) is 5.32. The molecule has 0 N–H and O–H groups in total. The van der Waals surface area contributed by atoms with Crippen LogP contribution in [-0.2, 0) is 19.4 Å². The van der Waals surface area contributed by atoms with Crippen LogP contribution in [-0.4, -0.2) is 64.6 Å². The second kappa shape index (κ2) is 7.16. The van der Waals surface area contributed by atoms with Crippen molar-refractivity contribution in [2.24, 2.45) is 0 Å². The number of alkyl halides is 3. The molecule has 1 saturated heterocycles. The first-order valence-electron chi connectivity index (χ1n) is 7.21. The summed E-state index contributed by atoms with van der Waals surface area (Å²) in [6, 6.07) is 2.30. The van der Waals surface area contributed by atoms with Crippen molar-refractivity contribution in [2.75, 3.05) is 44.7 Å². The number of carbonyl (C=O) groups excluding carboxylic acids is 1. The predicted octanol–water partition coefficient (Wildman–Crippen LogP) is 1.41. The third-order valence-electron chi connectivity index (χ3n) is 3.81. The Balaban J connectivity index is 2.26. The van der Waals surface area contributed by atoms with Crippen molar-refractivity contribution in [3.63, 3.8) is 0 Å². The van der Waals surface area contributed by atoms with Gasteiger partial charge in [-0.3, -0.25) is 9.69 Å². The summed E-state index contributed by atoms with van der Waals surface area (Å²) in [5.41, 5.74) is -5.74. The molecule has 6 nitrogen and oxygen atoms in total. The zero-order valence-corrected chi connectivity index (χ0v) is 14.0. The van der Waals surface area contributed by atoms with Crippen LogP contribution in [0.15, 0.2) is 23.1 Å². The monoisotopic (exact) mass is 384 g/mol. The van der Waals surface area contributed by atoms with E-state index in [2.05, 4.69) is 4.74 Å². The summed E-state index contributed by atoms with van der Waals surface area (Å²) in [5.74, 6) is -1.52. The average molecular weight is 384 g/mol. The Labute approximate surface area is 141 Å². The molecule has 0 bridgehead atoms. The maximum absolute atomic E-state index is 13.4. The van der Waals surface area contributed by atoms with Gasteiger partial charge in [-0.15, -0.1) is 0 Å². The molecule has 0 saturated carbocycles. The van der Waals surface area contributed by atoms with Gasteiger partial charge in [-0.1, -0.05) is 0 Å². The maximum atomic E-state index is 13.4. The lowest BCUT2D eigenvalue weighted by atomic mass is 10.2. The van der Waals surface area contributed by atoms with E-state index in [1.807, 2.05) is 0 Å². The van der Waals surface area contributed by atoms with Crippen LogP contribution in [0.2, 0.25) is 0 Å². The van der Waals surface area contributed by atoms with Crippen molar-refractivity contribution in [1.82, 2.24) is 4.90 Å². The molecule has 11 heteroatoms. The molecule has 0 radical (unpaired) electrons. The first-order valence-corrected chi connectivity index (χ1v) is 8.69. The fourth-order valence-electron chi connectivity index (χ4n) is 2.48. The minimum atomic E-state index is -5.68. The molecule has 0 amide bonds. The normalized spacial score (nSPS) is 16.8. The fraction of sp³-hybridized carbons (Fsp3) is 0.500. The number of hydrogen-bond donors (Lipinski definition) is 0. The molecular weight excluding hydrogens is 368 g/mol. The molecule has 0 unspecified atom stereocenters. The Morgan fingerprint density at radius 3 is 2.32 bits per heavy atom. The first-order chi connectivity index (χ1) is 11.6. The number of esters is 1. The van der Waals surface area contributed by atoms with Crippen LogP contribution in [0.5, 0.6) is 0 Å². The average Bonchev–Trinajstić information content (AvgIpc) is 2.54. The number of carbonyl (C=O) groups is 1. The van der Waals surface area contributed by atoms with E-state index in [4.69, 9.17) is 0 Å². The van der Waals surface area contributed by atoms with Crippen LogP contribution >= 0.6 is 0 Å². The van der Waals surface area contributed by atoms with Crippen LogP contribution in [0.3, 0.4) is 0 Å². The smallest absolute Gasteiger partial charge is 0.468 e. The van der Waals surface area contributed by atoms with Crippen molar-refractivity contribution in [2.45, 2.75) is 10.4 Å². The van der Waals surface area contributed by atoms with Gasteiger partial charge < -0.3 is 9.64 Å². The molecule has 0 aliphatic carbocycles. The second-order valence-corrected chi connectivity index (χ2v) is 7.31. The minimum Gasteiger partial charge on any atom is -0.468 e. The van der Waals surface area contributed by atoms with Crippen molar-refractivity contribution < 1.29 is 35.5 Å². The summed E-state index contributed by atoms with van der Waals surface area (Å²) in [7, 11) is -4.44. The number of anilines is 1. The van der Waals surface area contributed by atoms with Crippen molar-refractivity contribution >= 4 is 21.5 Å². The number of methoxy groups -OCH3 is 1. The quantitative estimate of drug-likeness (QED) is 0.578. The SMILES string of the molecule is COC(=O)CN1CCN(c2ccc(F)cc2S(=O)(=O)C(F)(F)F)CC1. The van der Waals surface area contributed by atoms with E-state index in [0.717, 1.165) is 12.1 Å². The van der Waals surface area contributed by atoms with E-state index >= 15 is 0 Å². The van der Waals surface area contributed by atoms with Gasteiger partial charge in [0.1, 0.15) is 10.7 Å². The zero-order valence-electron chi connectivity index (χ0n) is 13.2. The van der Waals surface area contributed by atoms with Crippen molar-refractivity contribution in [3.8, 4) is 0 Å². The molecular formula is C14H16F4N2O4S. The molecule has 1 aliphatic rings. The molecule has 0 aromatic heterocycles. The van der Waals surface area contributed by atoms with Crippen LogP contribution in [0.4, 0.5) is 23.2 Å². The molecule has 1 aromatic rings. The highest BCUT2D eigenvalue weighted by atomic mass is 32.2. The summed E-state index contributed by atoms with van der Waals surface area (Å²) in [6.07, 6.45) is 0. The van der Waals surface area contributed by atoms with Gasteiger partial charge >= 0.3 is 11.5 Å². The maximum Gasteiger partial charge on any atom is 0.501 e. The molecule has 0 atom stereocenters. The number of benzene rings is 1. The molecule has 140 valence electrons. The number of piperazine rings is 1. The third kappa shape index (κ3) is 4.21. The number of rotatable bonds is 4. The Morgan fingerprint density at radius 2 is 1.80 bits per heavy atom. The summed E-state index contributed by atoms with van der Waals surface area (Å²) >= 11 is 0. The Hall–Kier alpha value is -1.88. The molecule has 0 spiro atoms. The van der Waals surface area contributed by atoms with Gasteiger partial charge in [0, 0.05) is 26.2 Å². The minimum absolute atomic E-state index is 0.0292. The predicted molar refractivity (Wildman–Crippen MR) is 80.3 cm³/mol. The van der Waals surface area contributed by atoms with Gasteiger partial charge in [0.25, 0.3) is 9.84 Å². The van der Waals surface area contributed by atoms with Crippen LogP contribution in [0, 0.1) is 5.82 Å². The number of ether oxygens (including phenoxy) is 1. The topological polar surface area (TPSA) is 66.9 Å². The molecule has 1 fully saturated rings.